The molecular formula is C22H28N4O3. The molecule has 0 unspecified atom stereocenters. The number of piperazine rings is 1. The Bertz CT molecular complexity index is 861. The van der Waals surface area contributed by atoms with Gasteiger partial charge in [-0.3, -0.25) is 9.59 Å². The molecule has 1 fully saturated rings. The molecule has 1 aliphatic heterocycles. The number of methoxy groups -OCH3 is 1. The van der Waals surface area contributed by atoms with Gasteiger partial charge in [-0.15, -0.1) is 0 Å². The van der Waals surface area contributed by atoms with Gasteiger partial charge in [0, 0.05) is 52.9 Å². The fraction of sp³-hybridized carbons (Fsp3) is 0.409. The number of nitrogens with zero attached hydrogens (tertiary/aromatic N) is 4. The Morgan fingerprint density at radius 1 is 1.03 bits per heavy atom. The lowest BCUT2D eigenvalue weighted by atomic mass is 10.1. The lowest BCUT2D eigenvalue weighted by Gasteiger charge is -2.35. The van der Waals surface area contributed by atoms with Gasteiger partial charge in [-0.1, -0.05) is 18.2 Å². The summed E-state index contributed by atoms with van der Waals surface area (Å²) in [4.78, 5) is 35.3. The number of benzene rings is 1. The van der Waals surface area contributed by atoms with Crippen LogP contribution in [0.25, 0.3) is 0 Å². The van der Waals surface area contributed by atoms with E-state index in [1.54, 1.807) is 30.3 Å². The SMILES string of the molecule is COc1ccccc1CCC(=O)N1CCN(C(=O)c2cccnc2N(C)C)CC1. The van der Waals surface area contributed by atoms with E-state index in [1.807, 2.05) is 48.2 Å². The first kappa shape index (κ1) is 20.6. The number of anilines is 1. The van der Waals surface area contributed by atoms with Gasteiger partial charge in [-0.2, -0.15) is 0 Å². The normalized spacial score (nSPS) is 13.9. The third-order valence-electron chi connectivity index (χ3n) is 5.16. The van der Waals surface area contributed by atoms with Crippen molar-refractivity contribution in [3.8, 4) is 5.75 Å². The summed E-state index contributed by atoms with van der Waals surface area (Å²) in [6, 6.07) is 11.3. The third-order valence-corrected chi connectivity index (χ3v) is 5.16. The van der Waals surface area contributed by atoms with Crippen molar-refractivity contribution in [3.63, 3.8) is 0 Å². The van der Waals surface area contributed by atoms with E-state index in [1.165, 1.54) is 0 Å². The molecule has 2 aromatic rings. The maximum atomic E-state index is 12.9. The van der Waals surface area contributed by atoms with E-state index < -0.39 is 0 Å². The largest absolute Gasteiger partial charge is 0.496 e. The van der Waals surface area contributed by atoms with Crippen LogP contribution in [0.3, 0.4) is 0 Å². The molecule has 1 aromatic carbocycles. The van der Waals surface area contributed by atoms with Gasteiger partial charge in [0.25, 0.3) is 5.91 Å². The highest BCUT2D eigenvalue weighted by Crippen LogP contribution is 2.20. The van der Waals surface area contributed by atoms with Crippen molar-refractivity contribution in [2.75, 3.05) is 52.3 Å². The Morgan fingerprint density at radius 2 is 1.72 bits per heavy atom. The van der Waals surface area contributed by atoms with Crippen LogP contribution in [0.4, 0.5) is 5.82 Å². The maximum Gasteiger partial charge on any atom is 0.257 e. The molecule has 0 atom stereocenters. The smallest absolute Gasteiger partial charge is 0.257 e. The molecule has 0 radical (unpaired) electrons. The average molecular weight is 396 g/mol. The van der Waals surface area contributed by atoms with Crippen molar-refractivity contribution in [3.05, 3.63) is 53.7 Å². The zero-order valence-corrected chi connectivity index (χ0v) is 17.3. The molecule has 3 rings (SSSR count). The minimum atomic E-state index is -0.0390. The molecule has 0 saturated carbocycles. The molecule has 0 N–H and O–H groups in total. The number of hydrogen-bond acceptors (Lipinski definition) is 5. The number of rotatable bonds is 6. The standard InChI is InChI=1S/C22H28N4O3/c1-24(2)21-18(8-6-12-23-21)22(28)26-15-13-25(14-16-26)20(27)11-10-17-7-4-5-9-19(17)29-3/h4-9,12H,10-11,13-16H2,1-3H3. The van der Waals surface area contributed by atoms with Gasteiger partial charge in [-0.25, -0.2) is 4.98 Å². The molecule has 2 amide bonds. The van der Waals surface area contributed by atoms with Crippen LogP contribution in [0.1, 0.15) is 22.3 Å². The van der Waals surface area contributed by atoms with Crippen LogP contribution >= 0.6 is 0 Å². The van der Waals surface area contributed by atoms with Crippen LogP contribution in [0.15, 0.2) is 42.6 Å². The fourth-order valence-corrected chi connectivity index (χ4v) is 3.56. The number of pyridine rings is 1. The minimum absolute atomic E-state index is 0.0390. The zero-order chi connectivity index (χ0) is 20.8. The van der Waals surface area contributed by atoms with E-state index in [9.17, 15) is 9.59 Å². The summed E-state index contributed by atoms with van der Waals surface area (Å²) in [5, 5.41) is 0. The van der Waals surface area contributed by atoms with Gasteiger partial charge in [0.05, 0.1) is 12.7 Å². The van der Waals surface area contributed by atoms with Crippen LogP contribution in [0, 0.1) is 0 Å². The van der Waals surface area contributed by atoms with Crippen molar-refractivity contribution in [2.24, 2.45) is 0 Å². The van der Waals surface area contributed by atoms with Crippen molar-refractivity contribution in [2.45, 2.75) is 12.8 Å². The number of hydrogen-bond donors (Lipinski definition) is 0. The second kappa shape index (κ2) is 9.41. The summed E-state index contributed by atoms with van der Waals surface area (Å²) in [7, 11) is 5.38. The molecule has 0 spiro atoms. The number of amides is 2. The highest BCUT2D eigenvalue weighted by molar-refractivity contribution is 5.99. The van der Waals surface area contributed by atoms with Crippen molar-refractivity contribution >= 4 is 17.6 Å². The van der Waals surface area contributed by atoms with E-state index >= 15 is 0 Å². The molecule has 0 aliphatic carbocycles. The molecule has 7 heteroatoms. The van der Waals surface area contributed by atoms with Crippen LogP contribution in [-0.4, -0.2) is 74.0 Å². The Balaban J connectivity index is 1.55. The van der Waals surface area contributed by atoms with E-state index in [2.05, 4.69) is 4.98 Å². The summed E-state index contributed by atoms with van der Waals surface area (Å²) < 4.78 is 5.35. The summed E-state index contributed by atoms with van der Waals surface area (Å²) in [6.45, 7) is 2.16. The van der Waals surface area contributed by atoms with Crippen LogP contribution in [0.5, 0.6) is 5.75 Å². The summed E-state index contributed by atoms with van der Waals surface area (Å²) in [6.07, 6.45) is 2.76. The van der Waals surface area contributed by atoms with E-state index in [4.69, 9.17) is 4.74 Å². The summed E-state index contributed by atoms with van der Waals surface area (Å²) >= 11 is 0. The number of carbonyl (C=O) groups excluding carboxylic acids is 2. The van der Waals surface area contributed by atoms with E-state index in [0.717, 1.165) is 11.3 Å². The van der Waals surface area contributed by atoms with Gasteiger partial charge in [0.2, 0.25) is 5.91 Å². The Hall–Kier alpha value is -3.09. The highest BCUT2D eigenvalue weighted by Gasteiger charge is 2.26. The first-order valence-electron chi connectivity index (χ1n) is 9.82. The topological polar surface area (TPSA) is 66.0 Å². The van der Waals surface area contributed by atoms with Crippen LogP contribution < -0.4 is 9.64 Å². The Labute approximate surface area is 171 Å². The molecular weight excluding hydrogens is 368 g/mol. The molecule has 2 heterocycles. The lowest BCUT2D eigenvalue weighted by molar-refractivity contribution is -0.132. The molecule has 1 aromatic heterocycles. The van der Waals surface area contributed by atoms with Crippen LogP contribution in [0.2, 0.25) is 0 Å². The molecule has 0 bridgehead atoms. The predicted molar refractivity (Wildman–Crippen MR) is 112 cm³/mol. The molecule has 1 saturated heterocycles. The van der Waals surface area contributed by atoms with Gasteiger partial charge < -0.3 is 19.4 Å². The quantitative estimate of drug-likeness (QED) is 0.748. The maximum absolute atomic E-state index is 12.9. The third kappa shape index (κ3) is 4.85. The number of ether oxygens (including phenoxy) is 1. The number of para-hydroxylation sites is 1. The van der Waals surface area contributed by atoms with Gasteiger partial charge in [0.1, 0.15) is 11.6 Å². The fourth-order valence-electron chi connectivity index (χ4n) is 3.56. The second-order valence-electron chi connectivity index (χ2n) is 7.25. The van der Waals surface area contributed by atoms with E-state index in [-0.39, 0.29) is 11.8 Å². The van der Waals surface area contributed by atoms with Crippen molar-refractivity contribution < 1.29 is 14.3 Å². The second-order valence-corrected chi connectivity index (χ2v) is 7.25. The predicted octanol–water partition coefficient (Wildman–Crippen LogP) is 2.07. The van der Waals surface area contributed by atoms with E-state index in [0.29, 0.717) is 50.4 Å². The number of carbonyl (C=O) groups is 2. The molecule has 29 heavy (non-hydrogen) atoms. The molecule has 154 valence electrons. The molecule has 1 aliphatic rings. The minimum Gasteiger partial charge on any atom is -0.496 e. The number of aryl methyl sites for hydroxylation is 1. The van der Waals surface area contributed by atoms with Gasteiger partial charge >= 0.3 is 0 Å². The van der Waals surface area contributed by atoms with Crippen molar-refractivity contribution in [1.29, 1.82) is 0 Å². The first-order valence-corrected chi connectivity index (χ1v) is 9.82. The zero-order valence-electron chi connectivity index (χ0n) is 17.3. The average Bonchev–Trinajstić information content (AvgIpc) is 2.77. The highest BCUT2D eigenvalue weighted by atomic mass is 16.5. The number of aromatic nitrogens is 1. The van der Waals surface area contributed by atoms with Gasteiger partial charge in [-0.05, 0) is 30.2 Å². The van der Waals surface area contributed by atoms with Crippen molar-refractivity contribution in [1.82, 2.24) is 14.8 Å². The molecule has 7 nitrogen and oxygen atoms in total. The van der Waals surface area contributed by atoms with Crippen LogP contribution in [-0.2, 0) is 11.2 Å². The monoisotopic (exact) mass is 396 g/mol. The lowest BCUT2D eigenvalue weighted by Crippen LogP contribution is -2.50. The van der Waals surface area contributed by atoms with Gasteiger partial charge in [0.15, 0.2) is 0 Å². The summed E-state index contributed by atoms with van der Waals surface area (Å²) in [5.41, 5.74) is 1.62. The Morgan fingerprint density at radius 3 is 2.41 bits per heavy atom. The first-order chi connectivity index (χ1) is 14.0. The Kier molecular flexibility index (Phi) is 6.69. The summed E-state index contributed by atoms with van der Waals surface area (Å²) in [5.74, 6) is 1.54.